The minimum Gasteiger partial charge on any atom is -0.489 e. The molecule has 0 spiro atoms. The van der Waals surface area contributed by atoms with Gasteiger partial charge in [-0.25, -0.2) is 4.98 Å². The number of aromatic nitrogens is 2. The number of hydrogen-bond acceptors (Lipinski definition) is 3. The van der Waals surface area contributed by atoms with Crippen molar-refractivity contribution in [3.8, 4) is 22.9 Å². The molecule has 0 radical (unpaired) electrons. The van der Waals surface area contributed by atoms with Gasteiger partial charge in [-0.1, -0.05) is 36.4 Å². The molecule has 4 aromatic rings. The fraction of sp³-hybridized carbons (Fsp3) is 0.0952. The van der Waals surface area contributed by atoms with E-state index in [1.807, 2.05) is 48.5 Å². The maximum absolute atomic E-state index is 12.2. The van der Waals surface area contributed by atoms with Crippen LogP contribution in [0.2, 0.25) is 0 Å². The number of alkyl halides is 3. The highest BCUT2D eigenvalue weighted by atomic mass is 19.4. The van der Waals surface area contributed by atoms with E-state index in [2.05, 4.69) is 14.7 Å². The largest absolute Gasteiger partial charge is 0.573 e. The zero-order valence-electron chi connectivity index (χ0n) is 14.5. The average molecular weight is 384 g/mol. The molecule has 0 saturated heterocycles. The number of H-pyrrole nitrogens is 1. The number of para-hydroxylation sites is 2. The van der Waals surface area contributed by atoms with Gasteiger partial charge < -0.3 is 14.5 Å². The van der Waals surface area contributed by atoms with Gasteiger partial charge in [0.15, 0.2) is 0 Å². The minimum absolute atomic E-state index is 0.243. The van der Waals surface area contributed by atoms with Crippen LogP contribution in [0.15, 0.2) is 72.8 Å². The Bertz CT molecular complexity index is 1060. The molecule has 28 heavy (non-hydrogen) atoms. The Morgan fingerprint density at radius 2 is 1.50 bits per heavy atom. The zero-order valence-corrected chi connectivity index (χ0v) is 14.5. The van der Waals surface area contributed by atoms with Gasteiger partial charge in [0.1, 0.15) is 23.9 Å². The molecule has 0 aliphatic carbocycles. The third-order valence-corrected chi connectivity index (χ3v) is 4.11. The molecule has 1 aromatic heterocycles. The number of halogens is 3. The Morgan fingerprint density at radius 3 is 2.25 bits per heavy atom. The normalized spacial score (nSPS) is 11.5. The number of hydrogen-bond donors (Lipinski definition) is 1. The summed E-state index contributed by atoms with van der Waals surface area (Å²) in [5.74, 6) is 0.880. The minimum atomic E-state index is -4.71. The first-order valence-electron chi connectivity index (χ1n) is 8.49. The fourth-order valence-electron chi connectivity index (χ4n) is 2.86. The zero-order chi connectivity index (χ0) is 19.6. The van der Waals surface area contributed by atoms with E-state index in [1.54, 1.807) is 0 Å². The molecule has 3 aromatic carbocycles. The summed E-state index contributed by atoms with van der Waals surface area (Å²) < 4.78 is 46.3. The third-order valence-electron chi connectivity index (χ3n) is 4.11. The van der Waals surface area contributed by atoms with Crippen LogP contribution in [0.4, 0.5) is 13.2 Å². The van der Waals surface area contributed by atoms with Crippen molar-refractivity contribution in [1.82, 2.24) is 9.97 Å². The summed E-state index contributed by atoms with van der Waals surface area (Å²) in [5.41, 5.74) is 3.61. The standard InChI is InChI=1S/C21H15F3N2O2/c22-21(23,24)28-16-11-9-15(10-12-16)27-13-14-5-1-2-6-17(14)20-25-18-7-3-4-8-19(18)26-20/h1-12H,13H2,(H,25,26). The highest BCUT2D eigenvalue weighted by Crippen LogP contribution is 2.27. The molecular weight excluding hydrogens is 369 g/mol. The van der Waals surface area contributed by atoms with Crippen molar-refractivity contribution in [3.63, 3.8) is 0 Å². The second kappa shape index (κ2) is 7.26. The monoisotopic (exact) mass is 384 g/mol. The maximum Gasteiger partial charge on any atom is 0.573 e. The fourth-order valence-corrected chi connectivity index (χ4v) is 2.86. The first-order chi connectivity index (χ1) is 13.5. The van der Waals surface area contributed by atoms with Crippen molar-refractivity contribution < 1.29 is 22.6 Å². The quantitative estimate of drug-likeness (QED) is 0.480. The van der Waals surface area contributed by atoms with Crippen LogP contribution in [-0.2, 0) is 6.61 Å². The molecule has 0 atom stereocenters. The molecule has 0 aliphatic heterocycles. The molecule has 1 N–H and O–H groups in total. The van der Waals surface area contributed by atoms with E-state index in [0.29, 0.717) is 5.75 Å². The number of rotatable bonds is 5. The summed E-state index contributed by atoms with van der Waals surface area (Å²) >= 11 is 0. The van der Waals surface area contributed by atoms with Crippen LogP contribution in [0.1, 0.15) is 5.56 Å². The molecule has 0 aliphatic rings. The lowest BCUT2D eigenvalue weighted by molar-refractivity contribution is -0.274. The van der Waals surface area contributed by atoms with E-state index in [1.165, 1.54) is 24.3 Å². The van der Waals surface area contributed by atoms with Gasteiger partial charge in [0.25, 0.3) is 0 Å². The number of aromatic amines is 1. The van der Waals surface area contributed by atoms with Crippen molar-refractivity contribution in [2.75, 3.05) is 0 Å². The Labute approximate surface area is 158 Å². The molecule has 4 rings (SSSR count). The van der Waals surface area contributed by atoms with Crippen molar-refractivity contribution in [2.45, 2.75) is 13.0 Å². The Hall–Kier alpha value is -3.48. The molecule has 142 valence electrons. The molecule has 0 bridgehead atoms. The summed E-state index contributed by atoms with van der Waals surface area (Å²) in [5, 5.41) is 0. The highest BCUT2D eigenvalue weighted by molar-refractivity contribution is 5.79. The molecule has 1 heterocycles. The van der Waals surface area contributed by atoms with Gasteiger partial charge in [-0.05, 0) is 36.4 Å². The molecular formula is C21H15F3N2O2. The van der Waals surface area contributed by atoms with Crippen LogP contribution in [0.3, 0.4) is 0 Å². The van der Waals surface area contributed by atoms with E-state index < -0.39 is 6.36 Å². The van der Waals surface area contributed by atoms with Crippen LogP contribution in [0, 0.1) is 0 Å². The second-order valence-electron chi connectivity index (χ2n) is 6.07. The highest BCUT2D eigenvalue weighted by Gasteiger charge is 2.30. The number of imidazole rings is 1. The summed E-state index contributed by atoms with van der Waals surface area (Å²) in [4.78, 5) is 7.90. The average Bonchev–Trinajstić information content (AvgIpc) is 3.10. The van der Waals surface area contributed by atoms with E-state index in [-0.39, 0.29) is 12.4 Å². The van der Waals surface area contributed by atoms with E-state index in [9.17, 15) is 13.2 Å². The predicted octanol–water partition coefficient (Wildman–Crippen LogP) is 5.71. The first kappa shape index (κ1) is 17.9. The molecule has 0 fully saturated rings. The van der Waals surface area contributed by atoms with Crippen LogP contribution in [0.5, 0.6) is 11.5 Å². The van der Waals surface area contributed by atoms with E-state index in [4.69, 9.17) is 4.74 Å². The third kappa shape index (κ3) is 4.09. The van der Waals surface area contributed by atoms with Crippen LogP contribution in [-0.4, -0.2) is 16.3 Å². The van der Waals surface area contributed by atoms with Crippen LogP contribution < -0.4 is 9.47 Å². The topological polar surface area (TPSA) is 47.1 Å². The van der Waals surface area contributed by atoms with Crippen molar-refractivity contribution in [1.29, 1.82) is 0 Å². The van der Waals surface area contributed by atoms with Gasteiger partial charge >= 0.3 is 6.36 Å². The summed E-state index contributed by atoms with van der Waals surface area (Å²) in [6.07, 6.45) is -4.71. The van der Waals surface area contributed by atoms with Gasteiger partial charge in [0, 0.05) is 11.1 Å². The second-order valence-corrected chi connectivity index (χ2v) is 6.07. The van der Waals surface area contributed by atoms with Crippen molar-refractivity contribution >= 4 is 11.0 Å². The smallest absolute Gasteiger partial charge is 0.489 e. The van der Waals surface area contributed by atoms with Crippen LogP contribution >= 0.6 is 0 Å². The van der Waals surface area contributed by atoms with Gasteiger partial charge in [-0.15, -0.1) is 13.2 Å². The Balaban J connectivity index is 1.51. The first-order valence-corrected chi connectivity index (χ1v) is 8.49. The number of benzene rings is 3. The predicted molar refractivity (Wildman–Crippen MR) is 99.0 cm³/mol. The van der Waals surface area contributed by atoms with Gasteiger partial charge in [-0.3, -0.25) is 0 Å². The molecule has 0 saturated carbocycles. The Kier molecular flexibility index (Phi) is 4.65. The van der Waals surface area contributed by atoms with Crippen LogP contribution in [0.25, 0.3) is 22.4 Å². The Morgan fingerprint density at radius 1 is 0.821 bits per heavy atom. The van der Waals surface area contributed by atoms with Gasteiger partial charge in [0.2, 0.25) is 0 Å². The number of ether oxygens (including phenoxy) is 2. The van der Waals surface area contributed by atoms with E-state index in [0.717, 1.165) is 28.0 Å². The number of fused-ring (bicyclic) bond motifs is 1. The summed E-state index contributed by atoms with van der Waals surface area (Å²) in [6.45, 7) is 0.243. The SMILES string of the molecule is FC(F)(F)Oc1ccc(OCc2ccccc2-c2nc3ccccc3[nH]2)cc1. The van der Waals surface area contributed by atoms with Gasteiger partial charge in [-0.2, -0.15) is 0 Å². The number of nitrogens with zero attached hydrogens (tertiary/aromatic N) is 1. The summed E-state index contributed by atoms with van der Waals surface area (Å²) in [6, 6.07) is 20.7. The number of nitrogens with one attached hydrogen (secondary N) is 1. The maximum atomic E-state index is 12.2. The molecule has 7 heteroatoms. The van der Waals surface area contributed by atoms with Crippen molar-refractivity contribution in [3.05, 3.63) is 78.4 Å². The lowest BCUT2D eigenvalue weighted by Crippen LogP contribution is -2.16. The molecule has 0 unspecified atom stereocenters. The summed E-state index contributed by atoms with van der Waals surface area (Å²) in [7, 11) is 0. The molecule has 0 amide bonds. The van der Waals surface area contributed by atoms with Gasteiger partial charge in [0.05, 0.1) is 11.0 Å². The molecule has 4 nitrogen and oxygen atoms in total. The lowest BCUT2D eigenvalue weighted by Gasteiger charge is -2.11. The van der Waals surface area contributed by atoms with E-state index >= 15 is 0 Å². The lowest BCUT2D eigenvalue weighted by atomic mass is 10.1. The van der Waals surface area contributed by atoms with Crippen molar-refractivity contribution in [2.24, 2.45) is 0 Å².